The molecular formula is C9H7NO2S2. The van der Waals surface area contributed by atoms with Crippen LogP contribution in [0.3, 0.4) is 0 Å². The smallest absolute Gasteiger partial charge is 0.348 e. The number of carbonyl (C=O) groups is 1. The monoisotopic (exact) mass is 225 g/mol. The van der Waals surface area contributed by atoms with Crippen LogP contribution in [0.25, 0.3) is 10.1 Å². The minimum atomic E-state index is -0.982. The molecule has 1 heterocycles. The normalized spacial score (nSPS) is 10.6. The molecule has 0 saturated heterocycles. The first-order valence-electron chi connectivity index (χ1n) is 3.84. The Hall–Kier alpha value is -1.20. The number of rotatable bonds is 1. The van der Waals surface area contributed by atoms with Crippen molar-refractivity contribution in [3.8, 4) is 0 Å². The summed E-state index contributed by atoms with van der Waals surface area (Å²) in [4.78, 5) is 11.8. The Balaban J connectivity index is 2.79. The molecule has 5 heteroatoms. The predicted molar refractivity (Wildman–Crippen MR) is 60.4 cm³/mol. The highest BCUT2D eigenvalue weighted by Crippen LogP contribution is 2.34. The molecule has 0 radical (unpaired) electrons. The van der Waals surface area contributed by atoms with Gasteiger partial charge in [-0.3, -0.25) is 0 Å². The first-order chi connectivity index (χ1) is 6.59. The van der Waals surface area contributed by atoms with Crippen LogP contribution in [0.4, 0.5) is 5.69 Å². The number of nitrogens with two attached hydrogens (primary N) is 1. The summed E-state index contributed by atoms with van der Waals surface area (Å²) in [5.41, 5.74) is 6.03. The average molecular weight is 225 g/mol. The van der Waals surface area contributed by atoms with E-state index in [4.69, 9.17) is 10.8 Å². The molecule has 0 spiro atoms. The van der Waals surface area contributed by atoms with Crippen molar-refractivity contribution in [1.82, 2.24) is 0 Å². The van der Waals surface area contributed by atoms with Crippen molar-refractivity contribution in [3.63, 3.8) is 0 Å². The summed E-state index contributed by atoms with van der Waals surface area (Å²) in [5, 5.41) is 9.63. The van der Waals surface area contributed by atoms with Crippen molar-refractivity contribution in [1.29, 1.82) is 0 Å². The van der Waals surface area contributed by atoms with Crippen molar-refractivity contribution in [3.05, 3.63) is 23.1 Å². The van der Waals surface area contributed by atoms with E-state index in [-0.39, 0.29) is 4.88 Å². The second kappa shape index (κ2) is 3.18. The van der Waals surface area contributed by atoms with Crippen LogP contribution < -0.4 is 5.73 Å². The van der Waals surface area contributed by atoms with Crippen molar-refractivity contribution >= 4 is 45.7 Å². The van der Waals surface area contributed by atoms with Gasteiger partial charge in [-0.15, -0.1) is 24.0 Å². The lowest BCUT2D eigenvalue weighted by molar-refractivity contribution is 0.0703. The Morgan fingerprint density at radius 2 is 2.21 bits per heavy atom. The number of carboxylic acids is 1. The fourth-order valence-corrected chi connectivity index (χ4v) is 2.56. The first-order valence-corrected chi connectivity index (χ1v) is 5.10. The van der Waals surface area contributed by atoms with E-state index in [0.717, 1.165) is 15.0 Å². The van der Waals surface area contributed by atoms with Gasteiger partial charge in [0.15, 0.2) is 0 Å². The molecule has 0 aliphatic heterocycles. The minimum Gasteiger partial charge on any atom is -0.477 e. The molecule has 0 unspecified atom stereocenters. The standard InChI is InChI=1S/C9H7NO2S2/c10-7-5-2-1-4(13)3-6(5)14-8(7)9(11)12/h1-3,13H,10H2,(H,11,12). The average Bonchev–Trinajstić information content (AvgIpc) is 2.43. The van der Waals surface area contributed by atoms with E-state index in [9.17, 15) is 4.79 Å². The largest absolute Gasteiger partial charge is 0.477 e. The molecule has 0 bridgehead atoms. The van der Waals surface area contributed by atoms with Crippen LogP contribution in [0.1, 0.15) is 9.67 Å². The molecule has 3 N–H and O–H groups in total. The summed E-state index contributed by atoms with van der Waals surface area (Å²) < 4.78 is 0.854. The summed E-state index contributed by atoms with van der Waals surface area (Å²) >= 11 is 5.35. The predicted octanol–water partition coefficient (Wildman–Crippen LogP) is 2.47. The lowest BCUT2D eigenvalue weighted by Crippen LogP contribution is -1.96. The van der Waals surface area contributed by atoms with Crippen LogP contribution in [-0.4, -0.2) is 11.1 Å². The molecule has 72 valence electrons. The van der Waals surface area contributed by atoms with Gasteiger partial charge in [0, 0.05) is 15.0 Å². The van der Waals surface area contributed by atoms with Gasteiger partial charge in [-0.25, -0.2) is 4.79 Å². The van der Waals surface area contributed by atoms with Crippen molar-refractivity contribution in [2.75, 3.05) is 5.73 Å². The molecule has 1 aromatic heterocycles. The Bertz CT molecular complexity index is 519. The molecule has 0 fully saturated rings. The summed E-state index contributed by atoms with van der Waals surface area (Å²) in [6.45, 7) is 0. The molecular weight excluding hydrogens is 218 g/mol. The summed E-state index contributed by atoms with van der Waals surface area (Å²) in [6.07, 6.45) is 0. The lowest BCUT2D eigenvalue weighted by atomic mass is 10.2. The topological polar surface area (TPSA) is 63.3 Å². The SMILES string of the molecule is Nc1c(C(=O)O)sc2cc(S)ccc12. The highest BCUT2D eigenvalue weighted by Gasteiger charge is 2.14. The van der Waals surface area contributed by atoms with Gasteiger partial charge in [0.05, 0.1) is 5.69 Å². The van der Waals surface area contributed by atoms with E-state index >= 15 is 0 Å². The number of anilines is 1. The van der Waals surface area contributed by atoms with Crippen LogP contribution in [-0.2, 0) is 0 Å². The molecule has 3 nitrogen and oxygen atoms in total. The molecule has 1 aromatic carbocycles. The van der Waals surface area contributed by atoms with Gasteiger partial charge in [-0.05, 0) is 12.1 Å². The molecule has 2 aromatic rings. The molecule has 0 aliphatic carbocycles. The third kappa shape index (κ3) is 1.34. The summed E-state index contributed by atoms with van der Waals surface area (Å²) in [5.74, 6) is -0.982. The van der Waals surface area contributed by atoms with E-state index in [1.54, 1.807) is 12.1 Å². The van der Waals surface area contributed by atoms with Crippen molar-refractivity contribution in [2.24, 2.45) is 0 Å². The maximum absolute atomic E-state index is 10.8. The Labute approximate surface area is 89.6 Å². The first kappa shape index (κ1) is 9.36. The fourth-order valence-electron chi connectivity index (χ4n) is 1.26. The molecule has 0 aliphatic rings. The van der Waals surface area contributed by atoms with Gasteiger partial charge in [0.1, 0.15) is 4.88 Å². The number of carboxylic acid groups (broad SMARTS) is 1. The highest BCUT2D eigenvalue weighted by atomic mass is 32.1. The number of benzene rings is 1. The second-order valence-electron chi connectivity index (χ2n) is 2.83. The van der Waals surface area contributed by atoms with Crippen LogP contribution in [0.2, 0.25) is 0 Å². The maximum Gasteiger partial charge on any atom is 0.348 e. The van der Waals surface area contributed by atoms with E-state index in [0.29, 0.717) is 5.69 Å². The molecule has 0 atom stereocenters. The number of aromatic carboxylic acids is 1. The van der Waals surface area contributed by atoms with Crippen molar-refractivity contribution in [2.45, 2.75) is 4.90 Å². The summed E-state index contributed by atoms with van der Waals surface area (Å²) in [7, 11) is 0. The van der Waals surface area contributed by atoms with Crippen molar-refractivity contribution < 1.29 is 9.90 Å². The van der Waals surface area contributed by atoms with E-state index in [2.05, 4.69) is 12.6 Å². The molecule has 0 amide bonds. The zero-order valence-corrected chi connectivity index (χ0v) is 8.73. The number of thiophene rings is 1. The number of hydrogen-bond donors (Lipinski definition) is 3. The van der Waals surface area contributed by atoms with Crippen LogP contribution in [0.15, 0.2) is 23.1 Å². The Kier molecular flexibility index (Phi) is 2.13. The maximum atomic E-state index is 10.8. The van der Waals surface area contributed by atoms with Gasteiger partial charge in [0.25, 0.3) is 0 Å². The van der Waals surface area contributed by atoms with Gasteiger partial charge in [0.2, 0.25) is 0 Å². The number of thiol groups is 1. The number of hydrogen-bond acceptors (Lipinski definition) is 4. The van der Waals surface area contributed by atoms with E-state index in [1.807, 2.05) is 6.07 Å². The quantitative estimate of drug-likeness (QED) is 0.653. The zero-order chi connectivity index (χ0) is 10.3. The lowest BCUT2D eigenvalue weighted by Gasteiger charge is -1.92. The van der Waals surface area contributed by atoms with Crippen LogP contribution >= 0.6 is 24.0 Å². The summed E-state index contributed by atoms with van der Waals surface area (Å²) in [6, 6.07) is 5.39. The van der Waals surface area contributed by atoms with Gasteiger partial charge >= 0.3 is 5.97 Å². The van der Waals surface area contributed by atoms with Gasteiger partial charge in [-0.2, -0.15) is 0 Å². The number of nitrogen functional groups attached to an aromatic ring is 1. The third-order valence-corrected chi connectivity index (χ3v) is 3.34. The van der Waals surface area contributed by atoms with Gasteiger partial charge in [-0.1, -0.05) is 6.07 Å². The molecule has 14 heavy (non-hydrogen) atoms. The Morgan fingerprint density at radius 3 is 2.86 bits per heavy atom. The third-order valence-electron chi connectivity index (χ3n) is 1.91. The zero-order valence-electron chi connectivity index (χ0n) is 7.02. The Morgan fingerprint density at radius 1 is 1.50 bits per heavy atom. The minimum absolute atomic E-state index is 0.193. The molecule has 0 saturated carbocycles. The van der Waals surface area contributed by atoms with Gasteiger partial charge < -0.3 is 10.8 Å². The molecule has 2 rings (SSSR count). The van der Waals surface area contributed by atoms with Crippen LogP contribution in [0.5, 0.6) is 0 Å². The highest BCUT2D eigenvalue weighted by molar-refractivity contribution is 7.80. The second-order valence-corrected chi connectivity index (χ2v) is 4.40. The van der Waals surface area contributed by atoms with E-state index < -0.39 is 5.97 Å². The fraction of sp³-hybridized carbons (Fsp3) is 0. The van der Waals surface area contributed by atoms with E-state index in [1.165, 1.54) is 11.3 Å². The van der Waals surface area contributed by atoms with Crippen LogP contribution in [0, 0.1) is 0 Å². The number of fused-ring (bicyclic) bond motifs is 1.